The molecule has 0 aliphatic heterocycles. The van der Waals surface area contributed by atoms with Gasteiger partial charge in [0.2, 0.25) is 10.6 Å². The summed E-state index contributed by atoms with van der Waals surface area (Å²) in [5.41, 5.74) is -0.915. The van der Waals surface area contributed by atoms with Crippen LogP contribution in [0.1, 0.15) is 0 Å². The van der Waals surface area contributed by atoms with Crippen molar-refractivity contribution in [3.8, 4) is 0 Å². The summed E-state index contributed by atoms with van der Waals surface area (Å²) >= 11 is 25.8. The van der Waals surface area contributed by atoms with Crippen molar-refractivity contribution in [1.29, 1.82) is 0 Å². The molecular formula is C14H11Br3Cl3N7O2. The number of H-pyrrole nitrogens is 2. The molecule has 15 heteroatoms. The Labute approximate surface area is 204 Å². The van der Waals surface area contributed by atoms with Crippen LogP contribution in [0.2, 0.25) is 15.7 Å². The SMILES string of the molecule is CN(C)c1nc(Cl)ncc1Br.Clc1ncc(Br)c(Cl)n1.O=c1[nH]cc(Br)c(=O)[nH]1. The lowest BCUT2D eigenvalue weighted by molar-refractivity contribution is 1.02. The number of nitrogens with one attached hydrogen (secondary N) is 2. The molecule has 0 atom stereocenters. The van der Waals surface area contributed by atoms with E-state index in [1.165, 1.54) is 12.4 Å². The van der Waals surface area contributed by atoms with Crippen LogP contribution in [0.5, 0.6) is 0 Å². The topological polar surface area (TPSA) is 121 Å². The number of aromatic nitrogens is 6. The summed E-state index contributed by atoms with van der Waals surface area (Å²) < 4.78 is 1.81. The highest BCUT2D eigenvalue weighted by molar-refractivity contribution is 9.11. The van der Waals surface area contributed by atoms with Gasteiger partial charge in [-0.05, 0) is 71.0 Å². The predicted octanol–water partition coefficient (Wildman–Crippen LogP) is 4.33. The minimum Gasteiger partial charge on any atom is -0.362 e. The van der Waals surface area contributed by atoms with E-state index >= 15 is 0 Å². The molecular weight excluding hydrogens is 644 g/mol. The van der Waals surface area contributed by atoms with E-state index in [2.05, 4.69) is 72.7 Å². The van der Waals surface area contributed by atoms with Crippen molar-refractivity contribution < 1.29 is 0 Å². The second kappa shape index (κ2) is 12.6. The van der Waals surface area contributed by atoms with Crippen LogP contribution >= 0.6 is 82.6 Å². The molecule has 0 amide bonds. The van der Waals surface area contributed by atoms with E-state index in [4.69, 9.17) is 34.8 Å². The lowest BCUT2D eigenvalue weighted by Gasteiger charge is -2.11. The Balaban J connectivity index is 0.000000219. The van der Waals surface area contributed by atoms with Gasteiger partial charge in [0.15, 0.2) is 0 Å². The van der Waals surface area contributed by atoms with E-state index in [0.717, 1.165) is 10.3 Å². The van der Waals surface area contributed by atoms with Crippen molar-refractivity contribution in [2.45, 2.75) is 0 Å². The van der Waals surface area contributed by atoms with Gasteiger partial charge in [0.25, 0.3) is 5.56 Å². The molecule has 9 nitrogen and oxygen atoms in total. The molecule has 3 heterocycles. The first-order valence-corrected chi connectivity index (χ1v) is 10.7. The number of hydrogen-bond acceptors (Lipinski definition) is 7. The Kier molecular flexibility index (Phi) is 11.3. The van der Waals surface area contributed by atoms with Gasteiger partial charge in [0.05, 0.1) is 13.4 Å². The fourth-order valence-corrected chi connectivity index (χ4v) is 2.76. The monoisotopic (exact) mass is 651 g/mol. The highest BCUT2D eigenvalue weighted by Gasteiger charge is 2.04. The maximum atomic E-state index is 10.5. The third kappa shape index (κ3) is 9.53. The Morgan fingerprint density at radius 3 is 1.86 bits per heavy atom. The minimum absolute atomic E-state index is 0.156. The van der Waals surface area contributed by atoms with E-state index in [1.54, 1.807) is 6.20 Å². The normalized spacial score (nSPS) is 9.66. The van der Waals surface area contributed by atoms with Crippen LogP contribution in [-0.4, -0.2) is 44.0 Å². The Morgan fingerprint density at radius 2 is 1.45 bits per heavy atom. The average Bonchev–Trinajstić information content (AvgIpc) is 2.65. The maximum Gasteiger partial charge on any atom is 0.325 e. The molecule has 0 aliphatic rings. The zero-order valence-electron chi connectivity index (χ0n) is 14.6. The van der Waals surface area contributed by atoms with Gasteiger partial charge in [-0.15, -0.1) is 0 Å². The molecule has 0 fully saturated rings. The molecule has 0 unspecified atom stereocenters. The van der Waals surface area contributed by atoms with Gasteiger partial charge < -0.3 is 9.88 Å². The lowest BCUT2D eigenvalue weighted by Crippen LogP contribution is -2.21. The molecule has 0 aliphatic carbocycles. The minimum atomic E-state index is -0.497. The number of halogens is 6. The molecule has 3 aromatic rings. The van der Waals surface area contributed by atoms with Crippen molar-refractivity contribution >= 4 is 88.4 Å². The first-order chi connectivity index (χ1) is 13.5. The second-order valence-electron chi connectivity index (χ2n) is 4.90. The van der Waals surface area contributed by atoms with Gasteiger partial charge in [-0.25, -0.2) is 19.7 Å². The van der Waals surface area contributed by atoms with Crippen LogP contribution in [0.25, 0.3) is 0 Å². The summed E-state index contributed by atoms with van der Waals surface area (Å²) in [5.74, 6) is 0.782. The summed E-state index contributed by atoms with van der Waals surface area (Å²) in [6, 6.07) is 0. The quantitative estimate of drug-likeness (QED) is 0.296. The highest BCUT2D eigenvalue weighted by atomic mass is 79.9. The van der Waals surface area contributed by atoms with Crippen molar-refractivity contribution in [3.63, 3.8) is 0 Å². The van der Waals surface area contributed by atoms with Crippen LogP contribution in [0.15, 0.2) is 41.6 Å². The summed E-state index contributed by atoms with van der Waals surface area (Å²) in [4.78, 5) is 42.1. The Hall–Kier alpha value is -1.05. The van der Waals surface area contributed by atoms with Crippen molar-refractivity contribution in [2.24, 2.45) is 0 Å². The van der Waals surface area contributed by atoms with E-state index in [0.29, 0.717) is 14.1 Å². The third-order valence-electron chi connectivity index (χ3n) is 2.57. The fraction of sp³-hybridized carbons (Fsp3) is 0.143. The highest BCUT2D eigenvalue weighted by Crippen LogP contribution is 2.22. The Bertz CT molecular complexity index is 1080. The molecule has 3 rings (SSSR count). The zero-order valence-corrected chi connectivity index (χ0v) is 21.6. The van der Waals surface area contributed by atoms with Crippen LogP contribution in [0, 0.1) is 0 Å². The first kappa shape index (κ1) is 26.0. The number of aromatic amines is 2. The number of hydrogen-bond donors (Lipinski definition) is 2. The fourth-order valence-electron chi connectivity index (χ4n) is 1.37. The standard InChI is InChI=1S/C6H7BrClN3.C4HBrCl2N2.C4H3BrN2O2/c1-11(2)5-4(7)3-9-6(8)10-5;5-2-1-8-4(7)9-3(2)6;5-2-1-6-4(9)7-3(2)8/h3H,1-2H3;1H;1H,(H2,6,7,8,9). The number of nitrogens with zero attached hydrogens (tertiary/aromatic N) is 5. The predicted molar refractivity (Wildman–Crippen MR) is 124 cm³/mol. The summed E-state index contributed by atoms with van der Waals surface area (Å²) in [6.45, 7) is 0. The van der Waals surface area contributed by atoms with Crippen LogP contribution in [-0.2, 0) is 0 Å². The molecule has 156 valence electrons. The molecule has 2 N–H and O–H groups in total. The molecule has 0 saturated carbocycles. The number of rotatable bonds is 1. The van der Waals surface area contributed by atoms with Crippen LogP contribution in [0.3, 0.4) is 0 Å². The smallest absolute Gasteiger partial charge is 0.325 e. The number of anilines is 1. The van der Waals surface area contributed by atoms with Crippen molar-refractivity contribution in [3.05, 3.63) is 68.6 Å². The molecule has 0 spiro atoms. The maximum absolute atomic E-state index is 10.5. The van der Waals surface area contributed by atoms with Gasteiger partial charge >= 0.3 is 5.69 Å². The van der Waals surface area contributed by atoms with Gasteiger partial charge in [-0.3, -0.25) is 9.78 Å². The van der Waals surface area contributed by atoms with Gasteiger partial charge in [-0.1, -0.05) is 11.6 Å². The van der Waals surface area contributed by atoms with E-state index in [1.807, 2.05) is 24.0 Å². The average molecular weight is 655 g/mol. The van der Waals surface area contributed by atoms with Crippen molar-refractivity contribution in [1.82, 2.24) is 29.9 Å². The van der Waals surface area contributed by atoms with Gasteiger partial charge in [0.1, 0.15) is 11.0 Å². The molecule has 0 radical (unpaired) electrons. The lowest BCUT2D eigenvalue weighted by atomic mass is 10.5. The molecule has 0 aromatic carbocycles. The summed E-state index contributed by atoms with van der Waals surface area (Å²) in [5, 5.41) is 0.745. The molecule has 3 aromatic heterocycles. The van der Waals surface area contributed by atoms with Crippen molar-refractivity contribution in [2.75, 3.05) is 19.0 Å². The van der Waals surface area contributed by atoms with Gasteiger partial charge in [-0.2, -0.15) is 4.98 Å². The molecule has 0 bridgehead atoms. The van der Waals surface area contributed by atoms with E-state index in [-0.39, 0.29) is 10.6 Å². The first-order valence-electron chi connectivity index (χ1n) is 7.17. The summed E-state index contributed by atoms with van der Waals surface area (Å²) in [6.07, 6.45) is 4.42. The van der Waals surface area contributed by atoms with Crippen LogP contribution < -0.4 is 16.1 Å². The van der Waals surface area contributed by atoms with E-state index in [9.17, 15) is 9.59 Å². The Morgan fingerprint density at radius 1 is 0.897 bits per heavy atom. The largest absolute Gasteiger partial charge is 0.362 e. The summed E-state index contributed by atoms with van der Waals surface area (Å²) in [7, 11) is 3.78. The van der Waals surface area contributed by atoms with Crippen LogP contribution in [0.4, 0.5) is 5.82 Å². The third-order valence-corrected chi connectivity index (χ3v) is 5.18. The molecule has 29 heavy (non-hydrogen) atoms. The molecule has 0 saturated heterocycles. The second-order valence-corrected chi connectivity index (χ2v) is 8.50. The van der Waals surface area contributed by atoms with Gasteiger partial charge in [0, 0.05) is 32.7 Å². The zero-order chi connectivity index (χ0) is 22.1. The van der Waals surface area contributed by atoms with E-state index < -0.39 is 11.2 Å².